The molecule has 2 atom stereocenters. The van der Waals surface area contributed by atoms with Crippen molar-refractivity contribution in [3.63, 3.8) is 0 Å². The molecule has 0 fully saturated rings. The number of carbonyl (C=O) groups excluding carboxylic acids is 1. The molecule has 1 amide bonds. The zero-order valence-corrected chi connectivity index (χ0v) is 11.2. The van der Waals surface area contributed by atoms with Crippen molar-refractivity contribution in [3.05, 3.63) is 0 Å². The summed E-state index contributed by atoms with van der Waals surface area (Å²) in [5.74, 6) is -0.447. The van der Waals surface area contributed by atoms with Crippen LogP contribution in [0.1, 0.15) is 19.8 Å². The predicted molar refractivity (Wildman–Crippen MR) is 64.8 cm³/mol. The number of nitriles is 1. The summed E-state index contributed by atoms with van der Waals surface area (Å²) < 4.78 is 21.9. The molecule has 0 heterocycles. The third kappa shape index (κ3) is 6.24. The van der Waals surface area contributed by atoms with Crippen LogP contribution in [0.5, 0.6) is 0 Å². The lowest BCUT2D eigenvalue weighted by Gasteiger charge is -2.25. The lowest BCUT2D eigenvalue weighted by Crippen LogP contribution is -2.46. The van der Waals surface area contributed by atoms with Crippen molar-refractivity contribution >= 4 is 15.7 Å². The van der Waals surface area contributed by atoms with Gasteiger partial charge in [-0.05, 0) is 13.3 Å². The van der Waals surface area contributed by atoms with E-state index in [0.29, 0.717) is 0 Å². The van der Waals surface area contributed by atoms with Crippen LogP contribution in [0.3, 0.4) is 0 Å². The van der Waals surface area contributed by atoms with Gasteiger partial charge in [0.15, 0.2) is 0 Å². The molecule has 0 aromatic carbocycles. The molecule has 2 unspecified atom stereocenters. The second-order valence-electron chi connectivity index (χ2n) is 4.19. The van der Waals surface area contributed by atoms with E-state index in [-0.39, 0.29) is 30.5 Å². The van der Waals surface area contributed by atoms with Crippen LogP contribution >= 0.6 is 0 Å². The Morgan fingerprint density at radius 3 is 2.47 bits per heavy atom. The second kappa shape index (κ2) is 6.57. The van der Waals surface area contributed by atoms with E-state index in [1.807, 2.05) is 6.07 Å². The van der Waals surface area contributed by atoms with Crippen LogP contribution in [0, 0.1) is 11.3 Å². The van der Waals surface area contributed by atoms with Crippen LogP contribution in [0.15, 0.2) is 0 Å². The zero-order chi connectivity index (χ0) is 13.6. The Labute approximate surface area is 102 Å². The monoisotopic (exact) mass is 261 g/mol. The summed E-state index contributed by atoms with van der Waals surface area (Å²) in [4.78, 5) is 13.2. The van der Waals surface area contributed by atoms with Gasteiger partial charge in [0.2, 0.25) is 5.91 Å². The van der Waals surface area contributed by atoms with E-state index in [1.54, 1.807) is 14.0 Å². The van der Waals surface area contributed by atoms with Crippen molar-refractivity contribution in [3.8, 4) is 6.07 Å². The standard InChI is InChI=1S/C10H19N3O3S/c1-8(4-6-11)13(2)10(14)9(12)5-7-17(3,15)16/h8-9H,4-5,7,12H2,1-3H3. The maximum absolute atomic E-state index is 11.8. The molecule has 0 saturated carbocycles. The Kier molecular flexibility index (Phi) is 6.13. The van der Waals surface area contributed by atoms with Gasteiger partial charge in [0.1, 0.15) is 9.84 Å². The molecule has 0 aromatic heterocycles. The molecule has 6 nitrogen and oxygen atoms in total. The number of nitrogens with zero attached hydrogens (tertiary/aromatic N) is 2. The van der Waals surface area contributed by atoms with Crippen molar-refractivity contribution in [2.24, 2.45) is 5.73 Å². The minimum Gasteiger partial charge on any atom is -0.341 e. The third-order valence-electron chi connectivity index (χ3n) is 2.51. The van der Waals surface area contributed by atoms with Gasteiger partial charge < -0.3 is 10.6 Å². The van der Waals surface area contributed by atoms with Gasteiger partial charge >= 0.3 is 0 Å². The molecule has 0 aliphatic carbocycles. The first-order chi connectivity index (χ1) is 7.69. The highest BCUT2D eigenvalue weighted by atomic mass is 32.2. The van der Waals surface area contributed by atoms with Gasteiger partial charge in [0.25, 0.3) is 0 Å². The van der Waals surface area contributed by atoms with Crippen LogP contribution in [0.2, 0.25) is 0 Å². The second-order valence-corrected chi connectivity index (χ2v) is 6.45. The van der Waals surface area contributed by atoms with Crippen molar-refractivity contribution < 1.29 is 13.2 Å². The highest BCUT2D eigenvalue weighted by molar-refractivity contribution is 7.90. The smallest absolute Gasteiger partial charge is 0.239 e. The number of likely N-dealkylation sites (N-methyl/N-ethyl adjacent to an activating group) is 1. The number of carbonyl (C=O) groups is 1. The molecule has 0 aromatic rings. The zero-order valence-electron chi connectivity index (χ0n) is 10.4. The third-order valence-corrected chi connectivity index (χ3v) is 3.49. The van der Waals surface area contributed by atoms with Crippen molar-refractivity contribution in [1.29, 1.82) is 5.26 Å². The summed E-state index contributed by atoms with van der Waals surface area (Å²) in [7, 11) is -1.55. The molecule has 0 rings (SSSR count). The Morgan fingerprint density at radius 1 is 1.53 bits per heavy atom. The summed E-state index contributed by atoms with van der Waals surface area (Å²) in [6.07, 6.45) is 1.43. The maximum Gasteiger partial charge on any atom is 0.239 e. The van der Waals surface area contributed by atoms with Crippen molar-refractivity contribution in [1.82, 2.24) is 4.90 Å². The molecule has 7 heteroatoms. The Bertz CT molecular complexity index is 400. The fraction of sp³-hybridized carbons (Fsp3) is 0.800. The van der Waals surface area contributed by atoms with E-state index in [1.165, 1.54) is 4.90 Å². The highest BCUT2D eigenvalue weighted by Crippen LogP contribution is 2.04. The molecule has 0 bridgehead atoms. The first kappa shape index (κ1) is 15.9. The largest absolute Gasteiger partial charge is 0.341 e. The fourth-order valence-corrected chi connectivity index (χ4v) is 1.89. The van der Waals surface area contributed by atoms with Crippen LogP contribution in [0.25, 0.3) is 0 Å². The normalized spacial score (nSPS) is 14.8. The molecular weight excluding hydrogens is 242 g/mol. The van der Waals surface area contributed by atoms with E-state index in [2.05, 4.69) is 0 Å². The number of rotatable bonds is 6. The van der Waals surface area contributed by atoms with Gasteiger partial charge in [-0.25, -0.2) is 8.42 Å². The first-order valence-electron chi connectivity index (χ1n) is 5.26. The molecule has 0 aliphatic rings. The SMILES string of the molecule is CC(CC#N)N(C)C(=O)C(N)CCS(C)(=O)=O. The number of hydrogen-bond acceptors (Lipinski definition) is 5. The van der Waals surface area contributed by atoms with E-state index in [9.17, 15) is 13.2 Å². The van der Waals surface area contributed by atoms with Crippen LogP contribution in [0.4, 0.5) is 0 Å². The number of nitrogens with two attached hydrogens (primary N) is 1. The fourth-order valence-electron chi connectivity index (χ4n) is 1.21. The lowest BCUT2D eigenvalue weighted by molar-refractivity contribution is -0.133. The number of hydrogen-bond donors (Lipinski definition) is 1. The van der Waals surface area contributed by atoms with Crippen LogP contribution < -0.4 is 5.73 Å². The van der Waals surface area contributed by atoms with E-state index >= 15 is 0 Å². The van der Waals surface area contributed by atoms with E-state index in [4.69, 9.17) is 11.0 Å². The Morgan fingerprint density at radius 2 is 2.06 bits per heavy atom. The summed E-state index contributed by atoms with van der Waals surface area (Å²) in [5, 5.41) is 8.52. The molecule has 17 heavy (non-hydrogen) atoms. The summed E-state index contributed by atoms with van der Waals surface area (Å²) >= 11 is 0. The van der Waals surface area contributed by atoms with Crippen LogP contribution in [-0.2, 0) is 14.6 Å². The van der Waals surface area contributed by atoms with Gasteiger partial charge in [-0.1, -0.05) is 0 Å². The average molecular weight is 261 g/mol. The van der Waals surface area contributed by atoms with Gasteiger partial charge in [-0.15, -0.1) is 0 Å². The van der Waals surface area contributed by atoms with Crippen molar-refractivity contribution in [2.75, 3.05) is 19.1 Å². The molecular formula is C10H19N3O3S. The quantitative estimate of drug-likeness (QED) is 0.694. The lowest BCUT2D eigenvalue weighted by atomic mass is 10.1. The van der Waals surface area contributed by atoms with Gasteiger partial charge in [0.05, 0.1) is 24.3 Å². The van der Waals surface area contributed by atoms with Gasteiger partial charge in [-0.3, -0.25) is 4.79 Å². The minimum atomic E-state index is -3.11. The van der Waals surface area contributed by atoms with E-state index < -0.39 is 15.9 Å². The van der Waals surface area contributed by atoms with Crippen molar-refractivity contribution in [2.45, 2.75) is 31.8 Å². The van der Waals surface area contributed by atoms with Gasteiger partial charge in [0, 0.05) is 19.3 Å². The predicted octanol–water partition coefficient (Wildman–Crippen LogP) is -0.491. The van der Waals surface area contributed by atoms with E-state index in [0.717, 1.165) is 6.26 Å². The topological polar surface area (TPSA) is 104 Å². The molecule has 0 radical (unpaired) electrons. The number of sulfone groups is 1. The first-order valence-corrected chi connectivity index (χ1v) is 7.32. The molecule has 0 saturated heterocycles. The van der Waals surface area contributed by atoms with Crippen LogP contribution in [-0.4, -0.2) is 50.4 Å². The average Bonchev–Trinajstić information content (AvgIpc) is 2.23. The van der Waals surface area contributed by atoms with Gasteiger partial charge in [-0.2, -0.15) is 5.26 Å². The molecule has 0 spiro atoms. The summed E-state index contributed by atoms with van der Waals surface area (Å²) in [5.41, 5.74) is 5.62. The molecule has 98 valence electrons. The maximum atomic E-state index is 11.8. The highest BCUT2D eigenvalue weighted by Gasteiger charge is 2.22. The molecule has 2 N–H and O–H groups in total. The Balaban J connectivity index is 4.36. The molecule has 0 aliphatic heterocycles. The summed E-state index contributed by atoms with van der Waals surface area (Å²) in [6.45, 7) is 1.74. The Hall–Kier alpha value is -1.13. The number of amides is 1. The summed E-state index contributed by atoms with van der Waals surface area (Å²) in [6, 6.07) is 0.905. The minimum absolute atomic E-state index is 0.0985.